The fourth-order valence-electron chi connectivity index (χ4n) is 3.55. The molecule has 1 fully saturated rings. The summed E-state index contributed by atoms with van der Waals surface area (Å²) in [5, 5.41) is 3.69. The molecule has 0 bridgehead atoms. The van der Waals surface area contributed by atoms with Gasteiger partial charge in [0, 0.05) is 18.2 Å². The SMILES string of the molecule is COC1=CC(c2cccc(F)c2)=C/C(=C(/C)NC2CCCCC2)C1. The maximum Gasteiger partial charge on any atom is 0.123 e. The summed E-state index contributed by atoms with van der Waals surface area (Å²) in [5.74, 6) is 0.700. The van der Waals surface area contributed by atoms with E-state index in [1.807, 2.05) is 12.1 Å². The molecule has 0 amide bonds. The Labute approximate surface area is 144 Å². The highest BCUT2D eigenvalue weighted by atomic mass is 19.1. The lowest BCUT2D eigenvalue weighted by atomic mass is 9.92. The van der Waals surface area contributed by atoms with Gasteiger partial charge in [0.1, 0.15) is 11.6 Å². The molecule has 2 aliphatic rings. The predicted molar refractivity (Wildman–Crippen MR) is 96.8 cm³/mol. The number of allylic oxidation sites excluding steroid dienone is 5. The highest BCUT2D eigenvalue weighted by molar-refractivity contribution is 5.78. The molecule has 1 N–H and O–H groups in total. The molecule has 0 aliphatic heterocycles. The van der Waals surface area contributed by atoms with Gasteiger partial charge in [0.05, 0.1) is 7.11 Å². The molecule has 1 aromatic rings. The topological polar surface area (TPSA) is 21.3 Å². The van der Waals surface area contributed by atoms with Crippen LogP contribution in [-0.2, 0) is 4.74 Å². The van der Waals surface area contributed by atoms with Gasteiger partial charge in [-0.05, 0) is 60.8 Å². The molecule has 0 aromatic heterocycles. The van der Waals surface area contributed by atoms with Crippen molar-refractivity contribution in [1.29, 1.82) is 0 Å². The molecule has 0 spiro atoms. The third-order valence-corrected chi connectivity index (χ3v) is 4.94. The summed E-state index contributed by atoms with van der Waals surface area (Å²) in [7, 11) is 1.70. The van der Waals surface area contributed by atoms with Crippen LogP contribution in [0, 0.1) is 5.82 Å². The first kappa shape index (κ1) is 16.8. The lowest BCUT2D eigenvalue weighted by Crippen LogP contribution is -2.30. The number of methoxy groups -OCH3 is 1. The second-order valence-corrected chi connectivity index (χ2v) is 6.73. The zero-order chi connectivity index (χ0) is 16.9. The molecule has 0 heterocycles. The van der Waals surface area contributed by atoms with Gasteiger partial charge >= 0.3 is 0 Å². The van der Waals surface area contributed by atoms with Crippen LogP contribution >= 0.6 is 0 Å². The van der Waals surface area contributed by atoms with Gasteiger partial charge in [-0.25, -0.2) is 4.39 Å². The second kappa shape index (κ2) is 7.69. The summed E-state index contributed by atoms with van der Waals surface area (Å²) >= 11 is 0. The quantitative estimate of drug-likeness (QED) is 0.806. The summed E-state index contributed by atoms with van der Waals surface area (Å²) < 4.78 is 19.1. The van der Waals surface area contributed by atoms with Crippen molar-refractivity contribution >= 4 is 5.57 Å². The Kier molecular flexibility index (Phi) is 5.39. The van der Waals surface area contributed by atoms with Crippen molar-refractivity contribution in [3.05, 3.63) is 64.8 Å². The fraction of sp³-hybridized carbons (Fsp3) is 0.429. The van der Waals surface area contributed by atoms with Gasteiger partial charge in [-0.3, -0.25) is 0 Å². The molecule has 0 radical (unpaired) electrons. The second-order valence-electron chi connectivity index (χ2n) is 6.73. The van der Waals surface area contributed by atoms with Crippen LogP contribution in [0.15, 0.2) is 53.4 Å². The van der Waals surface area contributed by atoms with Gasteiger partial charge in [-0.15, -0.1) is 0 Å². The van der Waals surface area contributed by atoms with E-state index in [1.165, 1.54) is 49.4 Å². The zero-order valence-corrected chi connectivity index (χ0v) is 14.6. The predicted octanol–water partition coefficient (Wildman–Crippen LogP) is 5.34. The average molecular weight is 327 g/mol. The number of rotatable bonds is 4. The standard InChI is InChI=1S/C21H26FNO/c1-15(23-20-9-4-3-5-10-20)17-11-18(14-21(13-17)24-2)16-7-6-8-19(22)12-16/h6-8,11-12,14,20,23H,3-5,9-10,13H2,1-2H3/b17-15+. The first-order valence-corrected chi connectivity index (χ1v) is 8.84. The van der Waals surface area contributed by atoms with Crippen molar-refractivity contribution in [1.82, 2.24) is 5.32 Å². The van der Waals surface area contributed by atoms with Crippen LogP contribution in [0.3, 0.4) is 0 Å². The Hall–Kier alpha value is -2.03. The molecule has 1 saturated carbocycles. The van der Waals surface area contributed by atoms with E-state index in [9.17, 15) is 4.39 Å². The van der Waals surface area contributed by atoms with E-state index in [-0.39, 0.29) is 5.82 Å². The Balaban J connectivity index is 1.87. The van der Waals surface area contributed by atoms with Crippen LogP contribution < -0.4 is 5.32 Å². The van der Waals surface area contributed by atoms with Gasteiger partial charge in [0.25, 0.3) is 0 Å². The smallest absolute Gasteiger partial charge is 0.123 e. The van der Waals surface area contributed by atoms with E-state index in [2.05, 4.69) is 18.3 Å². The lowest BCUT2D eigenvalue weighted by Gasteiger charge is -2.26. The Bertz CT molecular complexity index is 681. The lowest BCUT2D eigenvalue weighted by molar-refractivity contribution is 0.283. The average Bonchev–Trinajstić information content (AvgIpc) is 2.62. The van der Waals surface area contributed by atoms with Crippen molar-refractivity contribution in [2.75, 3.05) is 7.11 Å². The maximum atomic E-state index is 13.6. The molecule has 0 atom stereocenters. The highest BCUT2D eigenvalue weighted by Crippen LogP contribution is 2.31. The molecule has 128 valence electrons. The minimum Gasteiger partial charge on any atom is -0.501 e. The summed E-state index contributed by atoms with van der Waals surface area (Å²) in [6, 6.07) is 7.31. The van der Waals surface area contributed by atoms with E-state index in [0.717, 1.165) is 23.3 Å². The number of hydrogen-bond acceptors (Lipinski definition) is 2. The van der Waals surface area contributed by atoms with Gasteiger partial charge in [0.15, 0.2) is 0 Å². The molecule has 24 heavy (non-hydrogen) atoms. The van der Waals surface area contributed by atoms with Gasteiger partial charge in [-0.2, -0.15) is 0 Å². The van der Waals surface area contributed by atoms with Crippen molar-refractivity contribution < 1.29 is 9.13 Å². The van der Waals surface area contributed by atoms with Crippen molar-refractivity contribution in [2.24, 2.45) is 0 Å². The van der Waals surface area contributed by atoms with Gasteiger partial charge in [-0.1, -0.05) is 31.4 Å². The number of hydrogen-bond donors (Lipinski definition) is 1. The first-order chi connectivity index (χ1) is 11.7. The minimum atomic E-state index is -0.214. The van der Waals surface area contributed by atoms with E-state index in [4.69, 9.17) is 4.74 Å². The zero-order valence-electron chi connectivity index (χ0n) is 14.6. The van der Waals surface area contributed by atoms with E-state index in [0.29, 0.717) is 6.04 Å². The molecule has 0 unspecified atom stereocenters. The fourth-order valence-corrected chi connectivity index (χ4v) is 3.55. The van der Waals surface area contributed by atoms with E-state index in [1.54, 1.807) is 19.2 Å². The Morgan fingerprint density at radius 1 is 1.17 bits per heavy atom. The number of benzene rings is 1. The van der Waals surface area contributed by atoms with Crippen LogP contribution in [0.2, 0.25) is 0 Å². The number of nitrogens with one attached hydrogen (secondary N) is 1. The largest absolute Gasteiger partial charge is 0.501 e. The molecule has 2 aliphatic carbocycles. The van der Waals surface area contributed by atoms with Crippen LogP contribution in [0.25, 0.3) is 5.57 Å². The molecule has 3 heteroatoms. The summed E-state index contributed by atoms with van der Waals surface area (Å²) in [5.41, 5.74) is 4.31. The van der Waals surface area contributed by atoms with Gasteiger partial charge < -0.3 is 10.1 Å². The van der Waals surface area contributed by atoms with Crippen LogP contribution in [0.4, 0.5) is 4.39 Å². The maximum absolute atomic E-state index is 13.6. The third kappa shape index (κ3) is 4.08. The summed E-state index contributed by atoms with van der Waals surface area (Å²) in [6.45, 7) is 2.14. The normalized spacial score (nSPS) is 21.0. The number of halogens is 1. The van der Waals surface area contributed by atoms with Crippen molar-refractivity contribution in [2.45, 2.75) is 51.5 Å². The molecule has 2 nitrogen and oxygen atoms in total. The minimum absolute atomic E-state index is 0.214. The first-order valence-electron chi connectivity index (χ1n) is 8.84. The van der Waals surface area contributed by atoms with Crippen LogP contribution in [-0.4, -0.2) is 13.2 Å². The van der Waals surface area contributed by atoms with Crippen molar-refractivity contribution in [3.63, 3.8) is 0 Å². The molecular formula is C21H26FNO. The molecule has 0 saturated heterocycles. The van der Waals surface area contributed by atoms with Crippen LogP contribution in [0.5, 0.6) is 0 Å². The summed E-state index contributed by atoms with van der Waals surface area (Å²) in [6.07, 6.45) is 11.4. The molecule has 3 rings (SSSR count). The third-order valence-electron chi connectivity index (χ3n) is 4.94. The monoisotopic (exact) mass is 327 g/mol. The molecule has 1 aromatic carbocycles. The number of ether oxygens (including phenoxy) is 1. The Morgan fingerprint density at radius 2 is 1.96 bits per heavy atom. The Morgan fingerprint density at radius 3 is 2.67 bits per heavy atom. The highest BCUT2D eigenvalue weighted by Gasteiger charge is 2.17. The van der Waals surface area contributed by atoms with E-state index < -0.39 is 0 Å². The summed E-state index contributed by atoms with van der Waals surface area (Å²) in [4.78, 5) is 0. The van der Waals surface area contributed by atoms with Gasteiger partial charge in [0.2, 0.25) is 0 Å². The van der Waals surface area contributed by atoms with E-state index >= 15 is 0 Å². The molecular weight excluding hydrogens is 301 g/mol. The van der Waals surface area contributed by atoms with Crippen LogP contribution in [0.1, 0.15) is 51.0 Å². The van der Waals surface area contributed by atoms with Crippen molar-refractivity contribution in [3.8, 4) is 0 Å².